The zero-order valence-electron chi connectivity index (χ0n) is 30.8. The van der Waals surface area contributed by atoms with Gasteiger partial charge in [0.2, 0.25) is 0 Å². The average Bonchev–Trinajstić information content (AvgIpc) is 3.12. The van der Waals surface area contributed by atoms with E-state index in [2.05, 4.69) is 47.7 Å². The van der Waals surface area contributed by atoms with E-state index in [-0.39, 0.29) is 6.61 Å². The highest BCUT2D eigenvalue weighted by Gasteiger charge is 2.04. The van der Waals surface area contributed by atoms with Crippen LogP contribution in [-0.4, -0.2) is 150 Å². The number of benzene rings is 1. The lowest BCUT2D eigenvalue weighted by atomic mass is 10.0. The van der Waals surface area contributed by atoms with Crippen molar-refractivity contribution in [3.63, 3.8) is 0 Å². The molecule has 1 aromatic carbocycles. The number of unbranched alkanes of at least 4 members (excludes halogenated alkanes) is 6. The van der Waals surface area contributed by atoms with Crippen molar-refractivity contribution in [1.82, 2.24) is 0 Å². The largest absolute Gasteiger partial charge is 0.490 e. The Morgan fingerprint density at radius 2 is 0.780 bits per heavy atom. The maximum absolute atomic E-state index is 8.59. The zero-order chi connectivity index (χ0) is 35.8. The van der Waals surface area contributed by atoms with Crippen molar-refractivity contribution >= 4 is 22.6 Å². The fraction of sp³-hybridized carbons (Fsp3) is 0.838. The van der Waals surface area contributed by atoms with Crippen LogP contribution in [0.5, 0.6) is 5.75 Å². The number of hydrogen-bond donors (Lipinski definition) is 1. The molecule has 0 unspecified atom stereocenters. The Kier molecular flexibility index (Phi) is 37.4. The van der Waals surface area contributed by atoms with Crippen LogP contribution in [0.4, 0.5) is 0 Å². The van der Waals surface area contributed by atoms with E-state index in [0.717, 1.165) is 15.7 Å². The Labute approximate surface area is 315 Å². The highest BCUT2D eigenvalue weighted by Crippen LogP contribution is 2.23. The van der Waals surface area contributed by atoms with Crippen molar-refractivity contribution < 1.29 is 57.2 Å². The molecule has 0 saturated heterocycles. The van der Waals surface area contributed by atoms with Crippen LogP contribution in [-0.2, 0) is 53.8 Å². The Morgan fingerprint density at radius 3 is 1.14 bits per heavy atom. The standard InChI is InChI=1S/C37H67IO12/c1-2-3-4-5-6-7-8-9-35-10-11-37(36(38)34-35)50-33-32-49-31-30-48-29-28-47-27-26-46-25-24-45-23-22-44-21-20-43-19-18-42-17-16-41-15-14-40-13-12-39/h10-11,34,39H,2-9,12-33H2,1H3/i38-2. The predicted octanol–water partition coefficient (Wildman–Crippen LogP) is 5.12. The van der Waals surface area contributed by atoms with Crippen LogP contribution in [0.1, 0.15) is 57.4 Å². The number of aliphatic hydroxyl groups is 1. The Bertz CT molecular complexity index is 823. The molecule has 0 heterocycles. The summed E-state index contributed by atoms with van der Waals surface area (Å²) in [5.41, 5.74) is 1.39. The van der Waals surface area contributed by atoms with Gasteiger partial charge in [-0.3, -0.25) is 0 Å². The van der Waals surface area contributed by atoms with Crippen molar-refractivity contribution in [2.45, 2.75) is 58.3 Å². The summed E-state index contributed by atoms with van der Waals surface area (Å²) in [6, 6.07) is 6.51. The van der Waals surface area contributed by atoms with Crippen molar-refractivity contribution in [3.05, 3.63) is 27.3 Å². The van der Waals surface area contributed by atoms with Gasteiger partial charge in [0.25, 0.3) is 0 Å². The SMILES string of the molecule is CCCCCCCCCc1ccc(OCCOCCOCCOCCOCCOCCOCCOCCOCCOCCOCCO)c([125I])c1. The van der Waals surface area contributed by atoms with Crippen LogP contribution >= 0.6 is 22.6 Å². The van der Waals surface area contributed by atoms with Gasteiger partial charge in [0, 0.05) is 0 Å². The first kappa shape index (κ1) is 47.3. The molecule has 294 valence electrons. The monoisotopic (exact) mass is 828 g/mol. The van der Waals surface area contributed by atoms with E-state index in [4.69, 9.17) is 57.2 Å². The molecule has 13 heteroatoms. The molecule has 1 rings (SSSR count). The molecule has 0 radical (unpaired) electrons. The van der Waals surface area contributed by atoms with Gasteiger partial charge in [-0.2, -0.15) is 0 Å². The Balaban J connectivity index is 1.73. The molecule has 0 amide bonds. The van der Waals surface area contributed by atoms with Crippen LogP contribution in [0, 0.1) is 3.57 Å². The molecule has 0 saturated carbocycles. The lowest BCUT2D eigenvalue weighted by molar-refractivity contribution is -0.0270. The highest BCUT2D eigenvalue weighted by molar-refractivity contribution is 14.1. The molecule has 0 aliphatic carbocycles. The minimum atomic E-state index is 0.0265. The van der Waals surface area contributed by atoms with Crippen LogP contribution in [0.25, 0.3) is 0 Å². The topological polar surface area (TPSA) is 122 Å². The van der Waals surface area contributed by atoms with Crippen molar-refractivity contribution in [2.24, 2.45) is 0 Å². The fourth-order valence-corrected chi connectivity index (χ4v) is 5.20. The molecule has 0 bridgehead atoms. The van der Waals surface area contributed by atoms with E-state index in [1.807, 2.05) is 0 Å². The van der Waals surface area contributed by atoms with Gasteiger partial charge < -0.3 is 57.2 Å². The number of rotatable bonds is 41. The molecule has 0 aliphatic heterocycles. The first-order chi connectivity index (χ1) is 24.8. The molecule has 12 nitrogen and oxygen atoms in total. The van der Waals surface area contributed by atoms with Gasteiger partial charge in [-0.05, 0) is 53.1 Å². The molecule has 0 spiro atoms. The van der Waals surface area contributed by atoms with E-state index < -0.39 is 0 Å². The molecule has 50 heavy (non-hydrogen) atoms. The molecular weight excluding hydrogens is 761 g/mol. The van der Waals surface area contributed by atoms with Gasteiger partial charge in [-0.15, -0.1) is 0 Å². The molecule has 0 aliphatic rings. The third-order valence-corrected chi connectivity index (χ3v) is 7.98. The first-order valence-electron chi connectivity index (χ1n) is 18.6. The van der Waals surface area contributed by atoms with Crippen LogP contribution in [0.15, 0.2) is 18.2 Å². The number of aryl methyl sites for hydroxylation is 1. The quantitative estimate of drug-likeness (QED) is 0.0697. The molecule has 0 atom stereocenters. The summed E-state index contributed by atoms with van der Waals surface area (Å²) in [7, 11) is 0. The zero-order valence-corrected chi connectivity index (χ0v) is 32.9. The summed E-state index contributed by atoms with van der Waals surface area (Å²) in [5.74, 6) is 0.919. The second-order valence-electron chi connectivity index (χ2n) is 11.3. The molecule has 1 aromatic rings. The average molecular weight is 829 g/mol. The van der Waals surface area contributed by atoms with Crippen LogP contribution in [0.3, 0.4) is 0 Å². The third-order valence-electron chi connectivity index (χ3n) is 7.13. The second kappa shape index (κ2) is 39.5. The maximum Gasteiger partial charge on any atom is 0.132 e. The van der Waals surface area contributed by atoms with Crippen molar-refractivity contribution in [1.29, 1.82) is 0 Å². The van der Waals surface area contributed by atoms with Gasteiger partial charge in [0.05, 0.1) is 142 Å². The summed E-state index contributed by atoms with van der Waals surface area (Å²) < 4.78 is 61.5. The third kappa shape index (κ3) is 33.2. The summed E-state index contributed by atoms with van der Waals surface area (Å²) >= 11 is 2.36. The van der Waals surface area contributed by atoms with E-state index in [1.165, 1.54) is 50.5 Å². The minimum absolute atomic E-state index is 0.0265. The van der Waals surface area contributed by atoms with Crippen LogP contribution < -0.4 is 4.74 Å². The first-order valence-corrected chi connectivity index (χ1v) is 19.6. The normalized spacial score (nSPS) is 11.5. The van der Waals surface area contributed by atoms with Gasteiger partial charge in [-0.25, -0.2) is 0 Å². The number of ether oxygens (including phenoxy) is 11. The number of halogens is 1. The van der Waals surface area contributed by atoms with Gasteiger partial charge in [0.1, 0.15) is 12.4 Å². The Morgan fingerprint density at radius 1 is 0.440 bits per heavy atom. The van der Waals surface area contributed by atoms with Gasteiger partial charge >= 0.3 is 0 Å². The summed E-state index contributed by atoms with van der Waals surface area (Å²) in [6.07, 6.45) is 10.5. The van der Waals surface area contributed by atoms with E-state index >= 15 is 0 Å². The molecule has 1 N–H and O–H groups in total. The second-order valence-corrected chi connectivity index (χ2v) is 12.5. The lowest BCUT2D eigenvalue weighted by Crippen LogP contribution is -2.15. The fourth-order valence-electron chi connectivity index (χ4n) is 4.46. The van der Waals surface area contributed by atoms with Crippen molar-refractivity contribution in [2.75, 3.05) is 145 Å². The Hall–Kier alpha value is -0.690. The van der Waals surface area contributed by atoms with E-state index in [0.29, 0.717) is 139 Å². The highest BCUT2D eigenvalue weighted by atomic mass is 125. The summed E-state index contributed by atoms with van der Waals surface area (Å²) in [6.45, 7) is 12.8. The summed E-state index contributed by atoms with van der Waals surface area (Å²) in [5, 5.41) is 8.59. The molecule has 0 aromatic heterocycles. The van der Waals surface area contributed by atoms with E-state index in [9.17, 15) is 0 Å². The van der Waals surface area contributed by atoms with Crippen molar-refractivity contribution in [3.8, 4) is 5.75 Å². The van der Waals surface area contributed by atoms with Crippen LogP contribution in [0.2, 0.25) is 0 Å². The predicted molar refractivity (Wildman–Crippen MR) is 202 cm³/mol. The lowest BCUT2D eigenvalue weighted by Gasteiger charge is -2.11. The smallest absolute Gasteiger partial charge is 0.132 e. The number of aliphatic hydroxyl groups excluding tert-OH is 1. The molecular formula is C37H67IO12. The van der Waals surface area contributed by atoms with Gasteiger partial charge in [0.15, 0.2) is 0 Å². The summed E-state index contributed by atoms with van der Waals surface area (Å²) in [4.78, 5) is 0. The maximum atomic E-state index is 8.59. The van der Waals surface area contributed by atoms with E-state index in [1.54, 1.807) is 0 Å². The van der Waals surface area contributed by atoms with Gasteiger partial charge in [-0.1, -0.05) is 51.5 Å². The number of hydrogen-bond acceptors (Lipinski definition) is 12. The minimum Gasteiger partial charge on any atom is -0.490 e. The molecule has 0 fully saturated rings.